The number of aliphatic hydroxyl groups is 1. The Balaban J connectivity index is 2.03. The largest absolute Gasteiger partial charge is 0.496 e. The normalized spacial score (nSPS) is 11.9. The Morgan fingerprint density at radius 2 is 2.16 bits per heavy atom. The van der Waals surface area contributed by atoms with Crippen LogP contribution in [0.2, 0.25) is 0 Å². The number of ether oxygens (including phenoxy) is 1. The van der Waals surface area contributed by atoms with E-state index in [4.69, 9.17) is 4.74 Å². The molecule has 0 amide bonds. The van der Waals surface area contributed by atoms with Crippen molar-refractivity contribution < 1.29 is 9.84 Å². The molecular formula is C14H15BrN2O2. The van der Waals surface area contributed by atoms with Gasteiger partial charge in [-0.2, -0.15) is 0 Å². The Morgan fingerprint density at radius 1 is 1.37 bits per heavy atom. The van der Waals surface area contributed by atoms with Crippen molar-refractivity contribution >= 4 is 21.6 Å². The number of benzene rings is 1. The summed E-state index contributed by atoms with van der Waals surface area (Å²) in [5.74, 6) is 0.684. The van der Waals surface area contributed by atoms with Crippen LogP contribution in [-0.4, -0.2) is 23.7 Å². The summed E-state index contributed by atoms with van der Waals surface area (Å²) in [7, 11) is 1.59. The minimum atomic E-state index is -0.643. The number of rotatable bonds is 5. The molecule has 1 aromatic heterocycles. The first-order valence-corrected chi connectivity index (χ1v) is 6.65. The fraction of sp³-hybridized carbons (Fsp3) is 0.214. The highest BCUT2D eigenvalue weighted by Gasteiger charge is 2.12. The minimum Gasteiger partial charge on any atom is -0.496 e. The summed E-state index contributed by atoms with van der Waals surface area (Å²) in [4.78, 5) is 4.05. The highest BCUT2D eigenvalue weighted by Crippen LogP contribution is 2.25. The molecule has 4 nitrogen and oxygen atoms in total. The number of para-hydroxylation sites is 1. The molecule has 0 aliphatic heterocycles. The number of hydrogen-bond acceptors (Lipinski definition) is 4. The summed E-state index contributed by atoms with van der Waals surface area (Å²) >= 11 is 3.35. The molecule has 1 aromatic carbocycles. The van der Waals surface area contributed by atoms with Gasteiger partial charge in [-0.15, -0.1) is 0 Å². The molecule has 0 aliphatic carbocycles. The number of aliphatic hydroxyl groups excluding tert-OH is 1. The second kappa shape index (κ2) is 6.54. The van der Waals surface area contributed by atoms with E-state index < -0.39 is 6.10 Å². The average Bonchev–Trinajstić information content (AvgIpc) is 2.45. The summed E-state index contributed by atoms with van der Waals surface area (Å²) in [5, 5.41) is 13.3. The summed E-state index contributed by atoms with van der Waals surface area (Å²) in [6.07, 6.45) is 2.77. The van der Waals surface area contributed by atoms with Crippen LogP contribution in [-0.2, 0) is 0 Å². The summed E-state index contributed by atoms with van der Waals surface area (Å²) < 4.78 is 6.12. The van der Waals surface area contributed by atoms with Crippen molar-refractivity contribution in [1.82, 2.24) is 4.98 Å². The van der Waals surface area contributed by atoms with Crippen LogP contribution in [0, 0.1) is 0 Å². The lowest BCUT2D eigenvalue weighted by Gasteiger charge is -2.15. The van der Waals surface area contributed by atoms with E-state index in [2.05, 4.69) is 26.2 Å². The molecule has 2 aromatic rings. The van der Waals surface area contributed by atoms with Crippen LogP contribution in [0.15, 0.2) is 47.2 Å². The summed E-state index contributed by atoms with van der Waals surface area (Å²) in [6.45, 7) is 0.387. The molecule has 2 rings (SSSR count). The lowest BCUT2D eigenvalue weighted by atomic mass is 10.1. The van der Waals surface area contributed by atoms with Gasteiger partial charge in [0.05, 0.1) is 25.1 Å². The summed E-state index contributed by atoms with van der Waals surface area (Å²) in [5.41, 5.74) is 1.61. The van der Waals surface area contributed by atoms with Crippen molar-refractivity contribution in [2.45, 2.75) is 6.10 Å². The van der Waals surface area contributed by atoms with Crippen molar-refractivity contribution in [3.8, 4) is 5.75 Å². The van der Waals surface area contributed by atoms with Crippen LogP contribution >= 0.6 is 15.9 Å². The molecule has 1 heterocycles. The maximum Gasteiger partial charge on any atom is 0.124 e. The Labute approximate surface area is 120 Å². The zero-order valence-electron chi connectivity index (χ0n) is 10.5. The number of anilines is 1. The highest BCUT2D eigenvalue weighted by atomic mass is 79.9. The van der Waals surface area contributed by atoms with Crippen molar-refractivity contribution in [1.29, 1.82) is 0 Å². The van der Waals surface area contributed by atoms with Gasteiger partial charge in [0.25, 0.3) is 0 Å². The highest BCUT2D eigenvalue weighted by molar-refractivity contribution is 9.10. The molecule has 0 unspecified atom stereocenters. The smallest absolute Gasteiger partial charge is 0.124 e. The molecule has 0 aliphatic rings. The molecule has 0 saturated carbocycles. The predicted octanol–water partition coefficient (Wildman–Crippen LogP) is 3.00. The number of aromatic nitrogens is 1. The van der Waals surface area contributed by atoms with Crippen LogP contribution in [0.1, 0.15) is 11.7 Å². The van der Waals surface area contributed by atoms with Gasteiger partial charge in [0, 0.05) is 22.8 Å². The monoisotopic (exact) mass is 322 g/mol. The van der Waals surface area contributed by atoms with Crippen LogP contribution in [0.3, 0.4) is 0 Å². The first kappa shape index (κ1) is 13.8. The zero-order valence-corrected chi connectivity index (χ0v) is 12.1. The van der Waals surface area contributed by atoms with Crippen molar-refractivity contribution in [3.05, 3.63) is 52.8 Å². The van der Waals surface area contributed by atoms with E-state index in [1.807, 2.05) is 30.3 Å². The van der Waals surface area contributed by atoms with Gasteiger partial charge >= 0.3 is 0 Å². The number of methoxy groups -OCH3 is 1. The molecule has 5 heteroatoms. The van der Waals surface area contributed by atoms with Gasteiger partial charge in [-0.1, -0.05) is 18.2 Å². The molecule has 0 bridgehead atoms. The third-order valence-electron chi connectivity index (χ3n) is 2.70. The Bertz CT molecular complexity index is 548. The van der Waals surface area contributed by atoms with Gasteiger partial charge < -0.3 is 15.2 Å². The van der Waals surface area contributed by atoms with Crippen LogP contribution in [0.5, 0.6) is 5.75 Å². The van der Waals surface area contributed by atoms with Crippen LogP contribution in [0.4, 0.5) is 5.69 Å². The summed E-state index contributed by atoms with van der Waals surface area (Å²) in [6, 6.07) is 9.34. The van der Waals surface area contributed by atoms with Crippen LogP contribution < -0.4 is 10.1 Å². The van der Waals surface area contributed by atoms with E-state index in [0.29, 0.717) is 12.3 Å². The fourth-order valence-electron chi connectivity index (χ4n) is 1.77. The molecular weight excluding hydrogens is 308 g/mol. The number of nitrogens with zero attached hydrogens (tertiary/aromatic N) is 1. The molecule has 0 saturated heterocycles. The van der Waals surface area contributed by atoms with Gasteiger partial charge in [-0.3, -0.25) is 4.98 Å². The van der Waals surface area contributed by atoms with E-state index in [9.17, 15) is 5.11 Å². The topological polar surface area (TPSA) is 54.4 Å². The van der Waals surface area contributed by atoms with E-state index in [1.165, 1.54) is 0 Å². The first-order valence-electron chi connectivity index (χ1n) is 5.86. The number of hydrogen-bond donors (Lipinski definition) is 2. The molecule has 100 valence electrons. The van der Waals surface area contributed by atoms with Gasteiger partial charge in [-0.25, -0.2) is 0 Å². The van der Waals surface area contributed by atoms with Crippen LogP contribution in [0.25, 0.3) is 0 Å². The molecule has 19 heavy (non-hydrogen) atoms. The van der Waals surface area contributed by atoms with Gasteiger partial charge in [0.2, 0.25) is 0 Å². The third kappa shape index (κ3) is 3.68. The van der Waals surface area contributed by atoms with Crippen molar-refractivity contribution in [2.75, 3.05) is 19.0 Å². The molecule has 1 atom stereocenters. The molecule has 2 N–H and O–H groups in total. The molecule has 0 radical (unpaired) electrons. The molecule has 0 spiro atoms. The van der Waals surface area contributed by atoms with E-state index >= 15 is 0 Å². The number of halogens is 1. The third-order valence-corrected chi connectivity index (χ3v) is 3.14. The second-order valence-corrected chi connectivity index (χ2v) is 4.95. The second-order valence-electron chi connectivity index (χ2n) is 4.03. The van der Waals surface area contributed by atoms with E-state index in [-0.39, 0.29) is 0 Å². The van der Waals surface area contributed by atoms with Gasteiger partial charge in [-0.05, 0) is 28.1 Å². The number of nitrogens with one attached hydrogen (secondary N) is 1. The average molecular weight is 323 g/mol. The lowest BCUT2D eigenvalue weighted by Crippen LogP contribution is -2.13. The standard InChI is InChI=1S/C14H15BrN2O2/c1-19-14-5-3-2-4-12(14)13(18)9-17-11-6-10(15)7-16-8-11/h2-8,13,17-18H,9H2,1H3/t13-/m1/s1. The van der Waals surface area contributed by atoms with Crippen molar-refractivity contribution in [3.63, 3.8) is 0 Å². The Kier molecular flexibility index (Phi) is 4.76. The van der Waals surface area contributed by atoms with Crippen molar-refractivity contribution in [2.24, 2.45) is 0 Å². The zero-order chi connectivity index (χ0) is 13.7. The first-order chi connectivity index (χ1) is 9.20. The number of pyridine rings is 1. The molecule has 0 fully saturated rings. The van der Waals surface area contributed by atoms with Gasteiger partial charge in [0.15, 0.2) is 0 Å². The lowest BCUT2D eigenvalue weighted by molar-refractivity contribution is 0.187. The maximum absolute atomic E-state index is 10.2. The quantitative estimate of drug-likeness (QED) is 0.888. The minimum absolute atomic E-state index is 0.387. The SMILES string of the molecule is COc1ccccc1[C@H](O)CNc1cncc(Br)c1. The fourth-order valence-corrected chi connectivity index (χ4v) is 2.14. The van der Waals surface area contributed by atoms with Gasteiger partial charge in [0.1, 0.15) is 5.75 Å². The maximum atomic E-state index is 10.2. The predicted molar refractivity (Wildman–Crippen MR) is 78.4 cm³/mol. The van der Waals surface area contributed by atoms with E-state index in [1.54, 1.807) is 19.5 Å². The van der Waals surface area contributed by atoms with E-state index in [0.717, 1.165) is 15.7 Å². The Morgan fingerprint density at radius 3 is 2.89 bits per heavy atom. The Hall–Kier alpha value is -1.59.